The second-order valence-corrected chi connectivity index (χ2v) is 5.95. The molecule has 0 atom stereocenters. The normalized spacial score (nSPS) is 11.8. The molecular weight excluding hydrogens is 266 g/mol. The molecule has 0 aliphatic heterocycles. The number of nitrogens with one attached hydrogen (secondary N) is 2. The lowest BCUT2D eigenvalue weighted by molar-refractivity contribution is 0.363. The van der Waals surface area contributed by atoms with Gasteiger partial charge in [-0.3, -0.25) is 0 Å². The first-order chi connectivity index (χ1) is 8.90. The van der Waals surface area contributed by atoms with Crippen LogP contribution in [0.5, 0.6) is 5.75 Å². The molecule has 6 nitrogen and oxygen atoms in total. The van der Waals surface area contributed by atoms with Crippen molar-refractivity contribution in [3.05, 3.63) is 23.8 Å². The lowest BCUT2D eigenvalue weighted by atomic mass is 10.1. The van der Waals surface area contributed by atoms with Crippen molar-refractivity contribution < 1.29 is 13.2 Å². The molecule has 0 saturated heterocycles. The molecule has 0 bridgehead atoms. The molecule has 0 spiro atoms. The number of hydrogen-bond donors (Lipinski definition) is 2. The van der Waals surface area contributed by atoms with Crippen molar-refractivity contribution in [2.45, 2.75) is 11.3 Å². The molecule has 0 unspecified atom stereocenters. The topological polar surface area (TPSA) is 70.7 Å². The van der Waals surface area contributed by atoms with Crippen molar-refractivity contribution in [2.24, 2.45) is 0 Å². The monoisotopic (exact) mass is 287 g/mol. The van der Waals surface area contributed by atoms with Gasteiger partial charge in [-0.15, -0.1) is 4.83 Å². The Morgan fingerprint density at radius 2 is 2.00 bits per heavy atom. The third-order valence-electron chi connectivity index (χ3n) is 2.50. The SMILES string of the molecule is CNCCc1cc(OC)ccc1S(=O)(=O)NN(C)C. The standard InChI is InChI=1S/C12H21N3O3S/c1-13-8-7-10-9-11(18-4)5-6-12(10)19(16,17)14-15(2)3/h5-6,9,13-14H,7-8H2,1-4H3. The second kappa shape index (κ2) is 6.85. The van der Waals surface area contributed by atoms with Gasteiger partial charge in [0.1, 0.15) is 5.75 Å². The number of hydrogen-bond acceptors (Lipinski definition) is 5. The van der Waals surface area contributed by atoms with Gasteiger partial charge in [0.25, 0.3) is 10.0 Å². The van der Waals surface area contributed by atoms with Gasteiger partial charge in [-0.25, -0.2) is 13.4 Å². The van der Waals surface area contributed by atoms with E-state index in [4.69, 9.17) is 4.74 Å². The van der Waals surface area contributed by atoms with E-state index in [1.807, 2.05) is 7.05 Å². The molecule has 0 amide bonds. The lowest BCUT2D eigenvalue weighted by Gasteiger charge is -2.16. The number of nitrogens with zero attached hydrogens (tertiary/aromatic N) is 1. The largest absolute Gasteiger partial charge is 0.497 e. The smallest absolute Gasteiger partial charge is 0.253 e. The van der Waals surface area contributed by atoms with Crippen LogP contribution in [0.1, 0.15) is 5.56 Å². The van der Waals surface area contributed by atoms with E-state index in [2.05, 4.69) is 10.1 Å². The van der Waals surface area contributed by atoms with E-state index in [9.17, 15) is 8.42 Å². The molecule has 1 aromatic carbocycles. The highest BCUT2D eigenvalue weighted by molar-refractivity contribution is 7.89. The van der Waals surface area contributed by atoms with E-state index in [1.165, 1.54) is 5.01 Å². The van der Waals surface area contributed by atoms with Crippen LogP contribution in [0.15, 0.2) is 23.1 Å². The van der Waals surface area contributed by atoms with Crippen molar-refractivity contribution in [3.63, 3.8) is 0 Å². The van der Waals surface area contributed by atoms with Gasteiger partial charge in [-0.1, -0.05) is 0 Å². The van der Waals surface area contributed by atoms with Crippen LogP contribution in [-0.2, 0) is 16.4 Å². The van der Waals surface area contributed by atoms with Gasteiger partial charge in [0.15, 0.2) is 0 Å². The third-order valence-corrected chi connectivity index (χ3v) is 4.09. The van der Waals surface area contributed by atoms with Crippen LogP contribution in [0.25, 0.3) is 0 Å². The van der Waals surface area contributed by atoms with Gasteiger partial charge in [-0.2, -0.15) is 0 Å². The molecule has 0 aliphatic rings. The van der Waals surface area contributed by atoms with E-state index in [0.29, 0.717) is 18.7 Å². The van der Waals surface area contributed by atoms with E-state index < -0.39 is 10.0 Å². The fraction of sp³-hybridized carbons (Fsp3) is 0.500. The van der Waals surface area contributed by atoms with Crippen molar-refractivity contribution in [2.75, 3.05) is 34.8 Å². The average molecular weight is 287 g/mol. The molecule has 0 heterocycles. The Kier molecular flexibility index (Phi) is 5.74. The van der Waals surface area contributed by atoms with E-state index in [1.54, 1.807) is 39.4 Å². The lowest BCUT2D eigenvalue weighted by Crippen LogP contribution is -2.36. The summed E-state index contributed by atoms with van der Waals surface area (Å²) in [5, 5.41) is 4.41. The Labute approximate surface area is 114 Å². The van der Waals surface area contributed by atoms with Crippen LogP contribution in [0.3, 0.4) is 0 Å². The molecule has 108 valence electrons. The number of sulfonamides is 1. The highest BCUT2D eigenvalue weighted by atomic mass is 32.2. The first kappa shape index (κ1) is 15.9. The van der Waals surface area contributed by atoms with E-state index in [0.717, 1.165) is 5.56 Å². The van der Waals surface area contributed by atoms with Crippen molar-refractivity contribution >= 4 is 10.0 Å². The second-order valence-electron chi connectivity index (χ2n) is 4.32. The first-order valence-electron chi connectivity index (χ1n) is 5.92. The fourth-order valence-corrected chi connectivity index (χ4v) is 3.02. The van der Waals surface area contributed by atoms with Gasteiger partial charge in [0.2, 0.25) is 0 Å². The van der Waals surface area contributed by atoms with Crippen LogP contribution < -0.4 is 14.9 Å². The zero-order valence-electron chi connectivity index (χ0n) is 11.7. The number of rotatable bonds is 7. The third kappa shape index (κ3) is 4.46. The summed E-state index contributed by atoms with van der Waals surface area (Å²) in [6.45, 7) is 0.692. The quantitative estimate of drug-likeness (QED) is 0.702. The maximum absolute atomic E-state index is 12.2. The van der Waals surface area contributed by atoms with Crippen molar-refractivity contribution in [1.29, 1.82) is 0 Å². The fourth-order valence-electron chi connectivity index (χ4n) is 1.69. The van der Waals surface area contributed by atoms with Crippen molar-refractivity contribution in [3.8, 4) is 5.75 Å². The van der Waals surface area contributed by atoms with Crippen LogP contribution in [-0.4, -0.2) is 48.2 Å². The molecule has 0 fully saturated rings. The first-order valence-corrected chi connectivity index (χ1v) is 7.40. The van der Waals surface area contributed by atoms with Gasteiger partial charge in [-0.05, 0) is 43.8 Å². The zero-order chi connectivity index (χ0) is 14.5. The number of benzene rings is 1. The summed E-state index contributed by atoms with van der Waals surface area (Å²) < 4.78 is 29.6. The summed E-state index contributed by atoms with van der Waals surface area (Å²) in [6.07, 6.45) is 0.609. The summed E-state index contributed by atoms with van der Waals surface area (Å²) >= 11 is 0. The predicted octanol–water partition coefficient (Wildman–Crippen LogP) is 0.212. The summed E-state index contributed by atoms with van der Waals surface area (Å²) in [4.78, 5) is 2.71. The Morgan fingerprint density at radius 3 is 2.53 bits per heavy atom. The minimum atomic E-state index is -3.55. The molecule has 1 aromatic rings. The summed E-state index contributed by atoms with van der Waals surface area (Å²) in [7, 11) is 3.10. The van der Waals surface area contributed by atoms with Gasteiger partial charge in [0.05, 0.1) is 12.0 Å². The van der Waals surface area contributed by atoms with Crippen LogP contribution in [0, 0.1) is 0 Å². The predicted molar refractivity (Wildman–Crippen MR) is 74.6 cm³/mol. The number of likely N-dealkylation sites (N-methyl/N-ethyl adjacent to an activating group) is 1. The molecule has 0 saturated carbocycles. The van der Waals surface area contributed by atoms with E-state index >= 15 is 0 Å². The minimum absolute atomic E-state index is 0.275. The Bertz CT molecular complexity index is 515. The molecule has 2 N–H and O–H groups in total. The Balaban J connectivity index is 3.17. The van der Waals surface area contributed by atoms with E-state index in [-0.39, 0.29) is 4.90 Å². The number of hydrazine groups is 1. The molecule has 0 aliphatic carbocycles. The maximum atomic E-state index is 12.2. The van der Waals surface area contributed by atoms with Crippen molar-refractivity contribution in [1.82, 2.24) is 15.2 Å². The van der Waals surface area contributed by atoms with Gasteiger partial charge >= 0.3 is 0 Å². The summed E-state index contributed by atoms with van der Waals surface area (Å²) in [5.74, 6) is 0.648. The zero-order valence-corrected chi connectivity index (χ0v) is 12.5. The molecule has 1 rings (SSSR count). The number of methoxy groups -OCH3 is 1. The minimum Gasteiger partial charge on any atom is -0.497 e. The van der Waals surface area contributed by atoms with Gasteiger partial charge < -0.3 is 10.1 Å². The van der Waals surface area contributed by atoms with Crippen LogP contribution in [0.4, 0.5) is 0 Å². The maximum Gasteiger partial charge on any atom is 0.253 e. The number of ether oxygens (including phenoxy) is 1. The van der Waals surface area contributed by atoms with Crippen LogP contribution >= 0.6 is 0 Å². The molecule has 0 radical (unpaired) electrons. The molecule has 7 heteroatoms. The Hall–Kier alpha value is -1.15. The summed E-state index contributed by atoms with van der Waals surface area (Å²) in [6, 6.07) is 4.96. The highest BCUT2D eigenvalue weighted by Crippen LogP contribution is 2.22. The van der Waals surface area contributed by atoms with Crippen LogP contribution in [0.2, 0.25) is 0 Å². The van der Waals surface area contributed by atoms with Gasteiger partial charge in [0, 0.05) is 14.1 Å². The average Bonchev–Trinajstić information content (AvgIpc) is 2.34. The summed E-state index contributed by atoms with van der Waals surface area (Å²) in [5.41, 5.74) is 0.725. The Morgan fingerprint density at radius 1 is 1.32 bits per heavy atom. The molecular formula is C12H21N3O3S. The highest BCUT2D eigenvalue weighted by Gasteiger charge is 2.19. The molecule has 19 heavy (non-hydrogen) atoms. The molecule has 0 aromatic heterocycles.